The van der Waals surface area contributed by atoms with E-state index in [1.165, 1.54) is 0 Å². The molecule has 0 aromatic carbocycles. The predicted octanol–water partition coefficient (Wildman–Crippen LogP) is -0.651. The van der Waals surface area contributed by atoms with E-state index in [1.807, 2.05) is 0 Å². The fourth-order valence-electron chi connectivity index (χ4n) is 0.718. The zero-order valence-corrected chi connectivity index (χ0v) is 4.05. The molecule has 0 spiro atoms. The van der Waals surface area contributed by atoms with Crippen molar-refractivity contribution in [3.63, 3.8) is 0 Å². The molecule has 1 rings (SSSR count). The van der Waals surface area contributed by atoms with Gasteiger partial charge in [-0.3, -0.25) is 4.84 Å². The molecule has 1 N–H and O–H groups in total. The smallest absolute Gasteiger partial charge is 0.0964 e. The van der Waals surface area contributed by atoms with Crippen molar-refractivity contribution in [3.05, 3.63) is 0 Å². The summed E-state index contributed by atoms with van der Waals surface area (Å²) in [7, 11) is 0. The normalized spacial score (nSPS) is 31.3. The van der Waals surface area contributed by atoms with Gasteiger partial charge in [0.1, 0.15) is 0 Å². The molecule has 1 aliphatic rings. The summed E-state index contributed by atoms with van der Waals surface area (Å²) in [6, 6.07) is 0. The maximum Gasteiger partial charge on any atom is 0.0964 e. The number of nitrogens with zero attached hydrogens (tertiary/aromatic N) is 1. The van der Waals surface area contributed by atoms with Gasteiger partial charge in [0.15, 0.2) is 0 Å². The van der Waals surface area contributed by atoms with Crippen LogP contribution in [0.15, 0.2) is 0 Å². The second-order valence-corrected chi connectivity index (χ2v) is 1.72. The molecule has 1 fully saturated rings. The summed E-state index contributed by atoms with van der Waals surface area (Å²) in [4.78, 5) is 4.05. The minimum atomic E-state index is 0.0417. The van der Waals surface area contributed by atoms with E-state index in [-0.39, 0.29) is 6.10 Å². The lowest BCUT2D eigenvalue weighted by Crippen LogP contribution is -2.15. The fourth-order valence-corrected chi connectivity index (χ4v) is 0.718. The minimum absolute atomic E-state index is 0.0417. The predicted molar refractivity (Wildman–Crippen MR) is 24.5 cm³/mol. The van der Waals surface area contributed by atoms with Gasteiger partial charge in [-0.25, -0.2) is 0 Å². The largest absolute Gasteiger partial charge is 0.314 e. The third-order valence-corrected chi connectivity index (χ3v) is 1.16. The molecule has 0 saturated carbocycles. The first-order chi connectivity index (χ1) is 3.43. The van der Waals surface area contributed by atoms with Crippen LogP contribution >= 0.6 is 0 Å². The van der Waals surface area contributed by atoms with Crippen molar-refractivity contribution in [1.82, 2.24) is 11.2 Å². The number of nitrogens with one attached hydrogen (secondary N) is 1. The molecule has 1 heterocycles. The standard InChI is InChI=1S/C4H8N2O/c5-7-4-1-2-6-3-4/h4,6H,1-3H2/t4-/m1/s1. The van der Waals surface area contributed by atoms with E-state index in [2.05, 4.69) is 10.2 Å². The second kappa shape index (κ2) is 2.26. The highest BCUT2D eigenvalue weighted by molar-refractivity contribution is 4.69. The van der Waals surface area contributed by atoms with Gasteiger partial charge < -0.3 is 5.32 Å². The highest BCUT2D eigenvalue weighted by Gasteiger charge is 2.13. The van der Waals surface area contributed by atoms with Gasteiger partial charge in [0.05, 0.1) is 6.10 Å². The van der Waals surface area contributed by atoms with Crippen molar-refractivity contribution >= 4 is 0 Å². The monoisotopic (exact) mass is 100 g/mol. The molecule has 0 bridgehead atoms. The quantitative estimate of drug-likeness (QED) is 0.445. The zero-order chi connectivity index (χ0) is 5.11. The maximum atomic E-state index is 8.03. The molecule has 3 heteroatoms. The molecule has 0 aliphatic carbocycles. The lowest BCUT2D eigenvalue weighted by molar-refractivity contribution is 0.0510. The number of hydrogen-bond acceptors (Lipinski definition) is 2. The average Bonchev–Trinajstić information content (AvgIpc) is 2.14. The van der Waals surface area contributed by atoms with Crippen molar-refractivity contribution in [2.24, 2.45) is 0 Å². The summed E-state index contributed by atoms with van der Waals surface area (Å²) in [6.07, 6.45) is 0.969. The molecule has 1 saturated heterocycles. The molecule has 1 atom stereocenters. The molecule has 0 unspecified atom stereocenters. The highest BCUT2D eigenvalue weighted by Crippen LogP contribution is 1.98. The van der Waals surface area contributed by atoms with Crippen LogP contribution < -0.4 is 11.2 Å². The van der Waals surface area contributed by atoms with E-state index in [0.29, 0.717) is 0 Å². The Balaban J connectivity index is 2.14. The fraction of sp³-hybridized carbons (Fsp3) is 1.00. The first kappa shape index (κ1) is 5.03. The van der Waals surface area contributed by atoms with Gasteiger partial charge in [-0.05, 0) is 13.0 Å². The Labute approximate surface area is 42.8 Å². The van der Waals surface area contributed by atoms with Crippen LogP contribution in [0.1, 0.15) is 6.42 Å². The van der Waals surface area contributed by atoms with Gasteiger partial charge in [0.2, 0.25) is 0 Å². The molecule has 0 amide bonds. The van der Waals surface area contributed by atoms with Crippen LogP contribution in [-0.4, -0.2) is 19.2 Å². The summed E-state index contributed by atoms with van der Waals surface area (Å²) < 4.78 is 0. The molecule has 0 aromatic rings. The lowest BCUT2D eigenvalue weighted by atomic mass is 10.3. The Kier molecular flexibility index (Phi) is 1.62. The molecule has 7 heavy (non-hydrogen) atoms. The van der Waals surface area contributed by atoms with Gasteiger partial charge in [-0.2, -0.15) is 0 Å². The average molecular weight is 100 g/mol. The molecular formula is C4H8N2O. The number of hydrogen-bond donors (Lipinski definition) is 1. The molecular weight excluding hydrogens is 92.1 g/mol. The first-order valence-electron chi connectivity index (χ1n) is 2.44. The van der Waals surface area contributed by atoms with Crippen LogP contribution in [-0.2, 0) is 4.84 Å². The Morgan fingerprint density at radius 2 is 2.57 bits per heavy atom. The van der Waals surface area contributed by atoms with E-state index in [9.17, 15) is 0 Å². The molecule has 40 valence electrons. The molecule has 2 radical (unpaired) electrons. The van der Waals surface area contributed by atoms with Crippen LogP contribution in [0, 0.1) is 0 Å². The minimum Gasteiger partial charge on any atom is -0.314 e. The van der Waals surface area contributed by atoms with Gasteiger partial charge in [0, 0.05) is 12.4 Å². The molecule has 1 aliphatic heterocycles. The second-order valence-electron chi connectivity index (χ2n) is 1.72. The van der Waals surface area contributed by atoms with Crippen LogP contribution in [0.2, 0.25) is 0 Å². The Morgan fingerprint density at radius 1 is 1.71 bits per heavy atom. The summed E-state index contributed by atoms with van der Waals surface area (Å²) in [5.41, 5.74) is 0. The summed E-state index contributed by atoms with van der Waals surface area (Å²) in [6.45, 7) is 1.75. The van der Waals surface area contributed by atoms with Crippen molar-refractivity contribution in [2.45, 2.75) is 12.5 Å². The van der Waals surface area contributed by atoms with Crippen molar-refractivity contribution in [2.75, 3.05) is 13.1 Å². The van der Waals surface area contributed by atoms with Crippen LogP contribution in [0.25, 0.3) is 0 Å². The Hall–Kier alpha value is -0.120. The lowest BCUT2D eigenvalue weighted by Gasteiger charge is -1.97. The topological polar surface area (TPSA) is 43.6 Å². The van der Waals surface area contributed by atoms with Gasteiger partial charge in [0.25, 0.3) is 0 Å². The van der Waals surface area contributed by atoms with Crippen molar-refractivity contribution < 1.29 is 4.84 Å². The molecule has 3 nitrogen and oxygen atoms in total. The zero-order valence-electron chi connectivity index (χ0n) is 4.05. The molecule has 0 aromatic heterocycles. The van der Waals surface area contributed by atoms with E-state index >= 15 is 0 Å². The SMILES string of the molecule is [N]O[C@@H]1CCNC1. The Morgan fingerprint density at radius 3 is 2.86 bits per heavy atom. The van der Waals surface area contributed by atoms with Crippen molar-refractivity contribution in [3.8, 4) is 0 Å². The van der Waals surface area contributed by atoms with Gasteiger partial charge in [-0.15, -0.1) is 0 Å². The van der Waals surface area contributed by atoms with E-state index in [4.69, 9.17) is 5.90 Å². The van der Waals surface area contributed by atoms with Crippen LogP contribution in [0.4, 0.5) is 0 Å². The van der Waals surface area contributed by atoms with E-state index < -0.39 is 0 Å². The van der Waals surface area contributed by atoms with E-state index in [1.54, 1.807) is 0 Å². The van der Waals surface area contributed by atoms with Gasteiger partial charge in [-0.1, -0.05) is 0 Å². The van der Waals surface area contributed by atoms with Crippen LogP contribution in [0.5, 0.6) is 0 Å². The third-order valence-electron chi connectivity index (χ3n) is 1.16. The summed E-state index contributed by atoms with van der Waals surface area (Å²) >= 11 is 0. The highest BCUT2D eigenvalue weighted by atomic mass is 16.6. The maximum absolute atomic E-state index is 8.03. The van der Waals surface area contributed by atoms with E-state index in [0.717, 1.165) is 19.5 Å². The first-order valence-corrected chi connectivity index (χ1v) is 2.44. The van der Waals surface area contributed by atoms with Gasteiger partial charge >= 0.3 is 0 Å². The summed E-state index contributed by atoms with van der Waals surface area (Å²) in [5, 5.41) is 3.04. The van der Waals surface area contributed by atoms with Crippen LogP contribution in [0.3, 0.4) is 0 Å². The Bertz CT molecular complexity index is 51.7. The van der Waals surface area contributed by atoms with Crippen molar-refractivity contribution in [1.29, 1.82) is 0 Å². The third kappa shape index (κ3) is 1.12. The number of rotatable bonds is 1. The summed E-state index contributed by atoms with van der Waals surface area (Å²) in [5.74, 6) is 8.03.